The molecule has 0 spiro atoms. The lowest BCUT2D eigenvalue weighted by atomic mass is 9.89. The summed E-state index contributed by atoms with van der Waals surface area (Å²) in [5.41, 5.74) is 4.38. The van der Waals surface area contributed by atoms with Gasteiger partial charge in [0.1, 0.15) is 0 Å². The van der Waals surface area contributed by atoms with Gasteiger partial charge in [0, 0.05) is 0 Å². The van der Waals surface area contributed by atoms with Crippen molar-refractivity contribution < 1.29 is 9.90 Å². The molecule has 0 saturated carbocycles. The Bertz CT molecular complexity index is 588. The second kappa shape index (κ2) is 6.38. The molecule has 0 amide bonds. The topological polar surface area (TPSA) is 37.3 Å². The van der Waals surface area contributed by atoms with Crippen LogP contribution in [0.25, 0.3) is 11.1 Å². The third kappa shape index (κ3) is 2.90. The van der Waals surface area contributed by atoms with Crippen LogP contribution in [0.15, 0.2) is 48.5 Å². The normalized spacial score (nSPS) is 12.1. The Kier molecular flexibility index (Phi) is 4.57. The van der Waals surface area contributed by atoms with Gasteiger partial charge in [-0.2, -0.15) is 0 Å². The second-order valence-electron chi connectivity index (χ2n) is 4.93. The summed E-state index contributed by atoms with van der Waals surface area (Å²) in [5, 5.41) is 9.33. The largest absolute Gasteiger partial charge is 0.481 e. The van der Waals surface area contributed by atoms with E-state index in [-0.39, 0.29) is 0 Å². The van der Waals surface area contributed by atoms with E-state index < -0.39 is 11.9 Å². The molecule has 1 N–H and O–H groups in total. The van der Waals surface area contributed by atoms with Gasteiger partial charge in [-0.25, -0.2) is 0 Å². The van der Waals surface area contributed by atoms with Crippen molar-refractivity contribution in [3.05, 3.63) is 59.7 Å². The molecule has 2 nitrogen and oxygen atoms in total. The molecule has 0 aromatic heterocycles. The fourth-order valence-corrected chi connectivity index (χ4v) is 2.59. The van der Waals surface area contributed by atoms with Crippen LogP contribution in [0.3, 0.4) is 0 Å². The summed E-state index contributed by atoms with van der Waals surface area (Å²) in [6.07, 6.45) is 1.47. The van der Waals surface area contributed by atoms with E-state index in [0.717, 1.165) is 28.7 Å². The van der Waals surface area contributed by atoms with Crippen LogP contribution in [-0.4, -0.2) is 11.1 Å². The van der Waals surface area contributed by atoms with Crippen molar-refractivity contribution >= 4 is 5.97 Å². The molecular weight excluding hydrogens is 248 g/mol. The summed E-state index contributed by atoms with van der Waals surface area (Å²) in [6, 6.07) is 16.3. The van der Waals surface area contributed by atoms with Crippen LogP contribution in [0, 0.1) is 0 Å². The van der Waals surface area contributed by atoms with E-state index in [0.29, 0.717) is 6.42 Å². The Morgan fingerprint density at radius 2 is 1.75 bits per heavy atom. The Balaban J connectivity index is 2.45. The van der Waals surface area contributed by atoms with Crippen molar-refractivity contribution in [1.82, 2.24) is 0 Å². The number of aliphatic carboxylic acids is 1. The molecule has 1 atom stereocenters. The van der Waals surface area contributed by atoms with Gasteiger partial charge in [0.25, 0.3) is 0 Å². The van der Waals surface area contributed by atoms with Gasteiger partial charge in [0.2, 0.25) is 0 Å². The maximum atomic E-state index is 11.4. The zero-order chi connectivity index (χ0) is 14.5. The van der Waals surface area contributed by atoms with Crippen molar-refractivity contribution in [3.63, 3.8) is 0 Å². The number of carbonyl (C=O) groups is 1. The van der Waals surface area contributed by atoms with Gasteiger partial charge < -0.3 is 5.11 Å². The van der Waals surface area contributed by atoms with Crippen molar-refractivity contribution in [2.45, 2.75) is 32.6 Å². The molecule has 20 heavy (non-hydrogen) atoms. The van der Waals surface area contributed by atoms with Gasteiger partial charge in [0.15, 0.2) is 0 Å². The third-order valence-corrected chi connectivity index (χ3v) is 3.71. The molecule has 2 rings (SSSR count). The first-order valence-electron chi connectivity index (χ1n) is 7.08. The van der Waals surface area contributed by atoms with E-state index >= 15 is 0 Å². The molecule has 0 fully saturated rings. The number of aryl methyl sites for hydroxylation is 1. The van der Waals surface area contributed by atoms with Gasteiger partial charge in [-0.15, -0.1) is 0 Å². The summed E-state index contributed by atoms with van der Waals surface area (Å²) in [6.45, 7) is 3.99. The van der Waals surface area contributed by atoms with Crippen LogP contribution in [-0.2, 0) is 11.2 Å². The van der Waals surface area contributed by atoms with E-state index in [9.17, 15) is 9.90 Å². The highest BCUT2D eigenvalue weighted by molar-refractivity contribution is 5.77. The highest BCUT2D eigenvalue weighted by atomic mass is 16.4. The average molecular weight is 268 g/mol. The lowest BCUT2D eigenvalue weighted by molar-refractivity contribution is -0.138. The zero-order valence-electron chi connectivity index (χ0n) is 12.0. The number of hydrogen-bond donors (Lipinski definition) is 1. The van der Waals surface area contributed by atoms with Gasteiger partial charge in [0.05, 0.1) is 5.92 Å². The van der Waals surface area contributed by atoms with Crippen LogP contribution in [0.2, 0.25) is 0 Å². The van der Waals surface area contributed by atoms with Crippen LogP contribution >= 0.6 is 0 Å². The van der Waals surface area contributed by atoms with Crippen LogP contribution in [0.1, 0.15) is 37.3 Å². The molecule has 2 aromatic carbocycles. The zero-order valence-corrected chi connectivity index (χ0v) is 12.0. The van der Waals surface area contributed by atoms with E-state index in [2.05, 4.69) is 25.1 Å². The number of hydrogen-bond acceptors (Lipinski definition) is 1. The Hall–Kier alpha value is -2.09. The smallest absolute Gasteiger partial charge is 0.310 e. The van der Waals surface area contributed by atoms with E-state index in [1.807, 2.05) is 37.3 Å². The minimum absolute atomic E-state index is 0.408. The summed E-state index contributed by atoms with van der Waals surface area (Å²) in [7, 11) is 0. The molecule has 1 unspecified atom stereocenters. The molecule has 0 saturated heterocycles. The maximum Gasteiger partial charge on any atom is 0.310 e. The predicted octanol–water partition coefficient (Wildman–Crippen LogP) is 4.49. The molecule has 0 aliphatic carbocycles. The molecule has 2 heteroatoms. The molecule has 0 aliphatic heterocycles. The second-order valence-corrected chi connectivity index (χ2v) is 4.93. The molecule has 0 radical (unpaired) electrons. The van der Waals surface area contributed by atoms with Crippen LogP contribution in [0.5, 0.6) is 0 Å². The monoisotopic (exact) mass is 268 g/mol. The van der Waals surface area contributed by atoms with Crippen molar-refractivity contribution in [2.75, 3.05) is 0 Å². The Morgan fingerprint density at radius 1 is 1.05 bits per heavy atom. The molecular formula is C18H20O2. The van der Waals surface area contributed by atoms with Crippen LogP contribution in [0.4, 0.5) is 0 Å². The van der Waals surface area contributed by atoms with Gasteiger partial charge >= 0.3 is 5.97 Å². The minimum atomic E-state index is -0.741. The maximum absolute atomic E-state index is 11.4. The highest BCUT2D eigenvalue weighted by Gasteiger charge is 2.20. The number of carboxylic acids is 1. The fraction of sp³-hybridized carbons (Fsp3) is 0.278. The minimum Gasteiger partial charge on any atom is -0.481 e. The first-order valence-corrected chi connectivity index (χ1v) is 7.08. The molecule has 104 valence electrons. The summed E-state index contributed by atoms with van der Waals surface area (Å²) < 4.78 is 0. The number of rotatable bonds is 5. The summed E-state index contributed by atoms with van der Waals surface area (Å²) in [4.78, 5) is 11.4. The van der Waals surface area contributed by atoms with Crippen molar-refractivity contribution in [1.29, 1.82) is 0 Å². The van der Waals surface area contributed by atoms with Crippen LogP contribution < -0.4 is 0 Å². The lowest BCUT2D eigenvalue weighted by Gasteiger charge is -2.16. The molecule has 0 bridgehead atoms. The van der Waals surface area contributed by atoms with Gasteiger partial charge in [-0.05, 0) is 35.1 Å². The first kappa shape index (κ1) is 14.3. The van der Waals surface area contributed by atoms with E-state index in [1.54, 1.807) is 0 Å². The van der Waals surface area contributed by atoms with Crippen molar-refractivity contribution in [2.24, 2.45) is 0 Å². The fourth-order valence-electron chi connectivity index (χ4n) is 2.59. The first-order chi connectivity index (χ1) is 9.67. The van der Waals surface area contributed by atoms with E-state index in [4.69, 9.17) is 0 Å². The Labute approximate surface area is 120 Å². The summed E-state index contributed by atoms with van der Waals surface area (Å²) >= 11 is 0. The van der Waals surface area contributed by atoms with Gasteiger partial charge in [-0.1, -0.05) is 62.4 Å². The van der Waals surface area contributed by atoms with Crippen molar-refractivity contribution in [3.8, 4) is 11.1 Å². The average Bonchev–Trinajstić information content (AvgIpc) is 2.48. The third-order valence-electron chi connectivity index (χ3n) is 3.71. The molecule has 2 aromatic rings. The lowest BCUT2D eigenvalue weighted by Crippen LogP contribution is -2.12. The number of carboxylic acid groups (broad SMARTS) is 1. The van der Waals surface area contributed by atoms with Gasteiger partial charge in [-0.3, -0.25) is 4.79 Å². The van der Waals surface area contributed by atoms with E-state index in [1.165, 1.54) is 0 Å². The highest BCUT2D eigenvalue weighted by Crippen LogP contribution is 2.29. The number of benzene rings is 2. The Morgan fingerprint density at radius 3 is 2.30 bits per heavy atom. The molecule has 0 aliphatic rings. The predicted molar refractivity (Wildman–Crippen MR) is 81.9 cm³/mol. The SMILES string of the molecule is CCc1cc(-c2ccccc2)ccc1C(CC)C(=O)O. The standard InChI is InChI=1S/C18H20O2/c1-3-13-12-15(14-8-6-5-7-9-14)10-11-17(13)16(4-2)18(19)20/h5-12,16H,3-4H2,1-2H3,(H,19,20). The summed E-state index contributed by atoms with van der Waals surface area (Å²) in [5.74, 6) is -1.15. The quantitative estimate of drug-likeness (QED) is 0.867. The molecule has 0 heterocycles.